The maximum Gasteiger partial charge on any atom is 0.475 e. The molecule has 0 amide bonds. The molecule has 0 spiro atoms. The first-order valence-corrected chi connectivity index (χ1v) is 11.6. The number of hydrogen-bond acceptors (Lipinski definition) is 7. The summed E-state index contributed by atoms with van der Waals surface area (Å²) in [5.74, 6) is 0.375. The van der Waals surface area contributed by atoms with Gasteiger partial charge in [-0.2, -0.15) is 0 Å². The maximum absolute atomic E-state index is 13.4. The standard InChI is InChI=1S/C24H23O7P/c1-18-12-21(13-22-24(18)31-23(25)17-27-22)16-30-32(26,28-14-19-8-4-2-5-9-19)29-15-20-10-6-3-7-11-20/h2-13H,14-17H2,1H3. The van der Waals surface area contributed by atoms with Crippen LogP contribution >= 0.6 is 7.82 Å². The molecule has 0 fully saturated rings. The van der Waals surface area contributed by atoms with Gasteiger partial charge in [0.05, 0.1) is 19.8 Å². The first-order chi connectivity index (χ1) is 15.5. The second-order valence-electron chi connectivity index (χ2n) is 7.24. The number of rotatable bonds is 9. The molecule has 3 aromatic carbocycles. The van der Waals surface area contributed by atoms with Gasteiger partial charge in [0, 0.05) is 0 Å². The number of carbonyl (C=O) groups is 1. The molecule has 0 radical (unpaired) electrons. The van der Waals surface area contributed by atoms with Crippen LogP contribution in [0, 0.1) is 6.92 Å². The highest BCUT2D eigenvalue weighted by Gasteiger charge is 2.28. The molecule has 1 aliphatic rings. The van der Waals surface area contributed by atoms with Crippen LogP contribution in [0.25, 0.3) is 0 Å². The summed E-state index contributed by atoms with van der Waals surface area (Å²) in [4.78, 5) is 11.5. The van der Waals surface area contributed by atoms with Crippen molar-refractivity contribution in [2.24, 2.45) is 0 Å². The molecule has 0 unspecified atom stereocenters. The predicted molar refractivity (Wildman–Crippen MR) is 117 cm³/mol. The van der Waals surface area contributed by atoms with Crippen LogP contribution < -0.4 is 9.47 Å². The SMILES string of the molecule is Cc1cc(COP(=O)(OCc2ccccc2)OCc2ccccc2)cc2c1OC(=O)CO2. The van der Waals surface area contributed by atoms with E-state index in [4.69, 9.17) is 23.0 Å². The minimum atomic E-state index is -3.90. The zero-order chi connectivity index (χ0) is 22.4. The summed E-state index contributed by atoms with van der Waals surface area (Å²) >= 11 is 0. The molecule has 8 heteroatoms. The Labute approximate surface area is 186 Å². The molecule has 0 N–H and O–H groups in total. The minimum Gasteiger partial charge on any atom is -0.478 e. The number of carbonyl (C=O) groups excluding carboxylic acids is 1. The summed E-state index contributed by atoms with van der Waals surface area (Å²) in [7, 11) is -3.90. The van der Waals surface area contributed by atoms with E-state index in [0.717, 1.165) is 11.1 Å². The average molecular weight is 454 g/mol. The number of ether oxygens (including phenoxy) is 2. The fourth-order valence-corrected chi connectivity index (χ4v) is 4.28. The molecule has 0 saturated carbocycles. The van der Waals surface area contributed by atoms with E-state index in [0.29, 0.717) is 22.6 Å². The van der Waals surface area contributed by atoms with E-state index >= 15 is 0 Å². The number of fused-ring (bicyclic) bond motifs is 1. The quantitative estimate of drug-likeness (QED) is 0.245. The van der Waals surface area contributed by atoms with Gasteiger partial charge >= 0.3 is 13.8 Å². The minimum absolute atomic E-state index is 0.0354. The van der Waals surface area contributed by atoms with Crippen molar-refractivity contribution in [2.45, 2.75) is 26.7 Å². The van der Waals surface area contributed by atoms with Crippen LogP contribution in [0.4, 0.5) is 0 Å². The van der Waals surface area contributed by atoms with E-state index in [-0.39, 0.29) is 26.4 Å². The molecule has 3 aromatic rings. The molecule has 4 rings (SSSR count). The Kier molecular flexibility index (Phi) is 7.02. The van der Waals surface area contributed by atoms with Crippen LogP contribution in [0.3, 0.4) is 0 Å². The number of esters is 1. The van der Waals surface area contributed by atoms with Crippen molar-refractivity contribution in [1.82, 2.24) is 0 Å². The van der Waals surface area contributed by atoms with E-state index in [1.165, 1.54) is 0 Å². The van der Waals surface area contributed by atoms with Crippen LogP contribution in [0.2, 0.25) is 0 Å². The smallest absolute Gasteiger partial charge is 0.475 e. The molecule has 1 aliphatic heterocycles. The van der Waals surface area contributed by atoms with Crippen molar-refractivity contribution in [1.29, 1.82) is 0 Å². The predicted octanol–water partition coefficient (Wildman–Crippen LogP) is 5.35. The van der Waals surface area contributed by atoms with Gasteiger partial charge in [0.1, 0.15) is 0 Å². The molecular formula is C24H23O7P. The molecular weight excluding hydrogens is 431 g/mol. The number of aryl methyl sites for hydroxylation is 1. The molecule has 7 nitrogen and oxygen atoms in total. The Morgan fingerprint density at radius 1 is 0.812 bits per heavy atom. The van der Waals surface area contributed by atoms with Crippen LogP contribution in [0.1, 0.15) is 22.3 Å². The number of phosphoric acid groups is 1. The van der Waals surface area contributed by atoms with Crippen molar-refractivity contribution in [2.75, 3.05) is 6.61 Å². The molecule has 0 saturated heterocycles. The lowest BCUT2D eigenvalue weighted by Crippen LogP contribution is -2.23. The van der Waals surface area contributed by atoms with E-state index in [1.54, 1.807) is 19.1 Å². The Morgan fingerprint density at radius 2 is 1.34 bits per heavy atom. The molecule has 32 heavy (non-hydrogen) atoms. The third-order valence-corrected chi connectivity index (χ3v) is 6.05. The average Bonchev–Trinajstić information content (AvgIpc) is 2.82. The lowest BCUT2D eigenvalue weighted by atomic mass is 10.1. The number of phosphoric ester groups is 1. The van der Waals surface area contributed by atoms with Crippen LogP contribution in [-0.2, 0) is 42.8 Å². The topological polar surface area (TPSA) is 80.3 Å². The van der Waals surface area contributed by atoms with Gasteiger partial charge in [-0.15, -0.1) is 0 Å². The van der Waals surface area contributed by atoms with E-state index in [9.17, 15) is 9.36 Å². The molecule has 0 aromatic heterocycles. The molecule has 0 bridgehead atoms. The van der Waals surface area contributed by atoms with E-state index in [1.807, 2.05) is 60.7 Å². The fraction of sp³-hybridized carbons (Fsp3) is 0.208. The van der Waals surface area contributed by atoms with Gasteiger partial charge in [0.15, 0.2) is 18.1 Å². The highest BCUT2D eigenvalue weighted by atomic mass is 31.2. The Bertz CT molecular complexity index is 1070. The molecule has 166 valence electrons. The van der Waals surface area contributed by atoms with Gasteiger partial charge in [0.25, 0.3) is 0 Å². The highest BCUT2D eigenvalue weighted by Crippen LogP contribution is 2.52. The maximum atomic E-state index is 13.4. The third kappa shape index (κ3) is 5.84. The lowest BCUT2D eigenvalue weighted by Gasteiger charge is -2.21. The molecule has 0 aliphatic carbocycles. The zero-order valence-corrected chi connectivity index (χ0v) is 18.5. The van der Waals surface area contributed by atoms with Gasteiger partial charge in [-0.05, 0) is 41.3 Å². The van der Waals surface area contributed by atoms with Crippen molar-refractivity contribution in [3.05, 3.63) is 95.1 Å². The highest BCUT2D eigenvalue weighted by molar-refractivity contribution is 7.48. The van der Waals surface area contributed by atoms with Gasteiger partial charge in [-0.1, -0.05) is 60.7 Å². The fourth-order valence-electron chi connectivity index (χ4n) is 3.14. The first kappa shape index (κ1) is 22.2. The van der Waals surface area contributed by atoms with E-state index < -0.39 is 13.8 Å². The zero-order valence-electron chi connectivity index (χ0n) is 17.6. The molecule has 0 atom stereocenters. The summed E-state index contributed by atoms with van der Waals surface area (Å²) in [6.45, 7) is 1.76. The van der Waals surface area contributed by atoms with Gasteiger partial charge in [0.2, 0.25) is 0 Å². The number of hydrogen-bond donors (Lipinski definition) is 0. The summed E-state index contributed by atoms with van der Waals surface area (Å²) < 4.78 is 41.0. The second-order valence-corrected chi connectivity index (χ2v) is 8.91. The van der Waals surface area contributed by atoms with Gasteiger partial charge < -0.3 is 9.47 Å². The van der Waals surface area contributed by atoms with Crippen molar-refractivity contribution < 1.29 is 32.4 Å². The normalized spacial score (nSPS) is 13.2. The van der Waals surface area contributed by atoms with Gasteiger partial charge in [-0.3, -0.25) is 13.6 Å². The second kappa shape index (κ2) is 10.1. The third-order valence-electron chi connectivity index (χ3n) is 4.72. The monoisotopic (exact) mass is 454 g/mol. The van der Waals surface area contributed by atoms with Crippen molar-refractivity contribution >= 4 is 13.8 Å². The Hall–Kier alpha value is -2.96. The Morgan fingerprint density at radius 3 is 1.91 bits per heavy atom. The van der Waals surface area contributed by atoms with E-state index in [2.05, 4.69) is 0 Å². The molecule has 1 heterocycles. The largest absolute Gasteiger partial charge is 0.478 e. The van der Waals surface area contributed by atoms with Crippen LogP contribution in [-0.4, -0.2) is 12.6 Å². The van der Waals surface area contributed by atoms with Gasteiger partial charge in [-0.25, -0.2) is 9.36 Å². The number of benzene rings is 3. The first-order valence-electron chi connectivity index (χ1n) is 10.1. The van der Waals surface area contributed by atoms with Crippen LogP contribution in [0.5, 0.6) is 11.5 Å². The van der Waals surface area contributed by atoms with Crippen LogP contribution in [0.15, 0.2) is 72.8 Å². The summed E-state index contributed by atoms with van der Waals surface area (Å²) in [5, 5.41) is 0. The summed E-state index contributed by atoms with van der Waals surface area (Å²) in [5.41, 5.74) is 3.09. The summed E-state index contributed by atoms with van der Waals surface area (Å²) in [6, 6.07) is 22.2. The van der Waals surface area contributed by atoms with Crippen molar-refractivity contribution in [3.8, 4) is 11.5 Å². The van der Waals surface area contributed by atoms with Crippen molar-refractivity contribution in [3.63, 3.8) is 0 Å². The lowest BCUT2D eigenvalue weighted by molar-refractivity contribution is -0.138. The Balaban J connectivity index is 1.47. The summed E-state index contributed by atoms with van der Waals surface area (Å²) in [6.07, 6.45) is 0.